The third-order valence-corrected chi connectivity index (χ3v) is 5.16. The molecule has 1 unspecified atom stereocenters. The fourth-order valence-corrected chi connectivity index (χ4v) is 3.57. The van der Waals surface area contributed by atoms with Gasteiger partial charge in [-0.2, -0.15) is 0 Å². The van der Waals surface area contributed by atoms with Crippen molar-refractivity contribution in [3.8, 4) is 0 Å². The molecule has 18 heavy (non-hydrogen) atoms. The summed E-state index contributed by atoms with van der Waals surface area (Å²) < 4.78 is 2.30. The van der Waals surface area contributed by atoms with Gasteiger partial charge in [0.15, 0.2) is 5.17 Å². The molecule has 0 amide bonds. The predicted molar refractivity (Wildman–Crippen MR) is 93.6 cm³/mol. The summed E-state index contributed by atoms with van der Waals surface area (Å²) in [6.45, 7) is 4.48. The van der Waals surface area contributed by atoms with E-state index in [0.717, 1.165) is 21.1 Å². The second-order valence-corrected chi connectivity index (χ2v) is 7.82. The highest BCUT2D eigenvalue weighted by Gasteiger charge is 2.19. The molecule has 0 aliphatic carbocycles. The van der Waals surface area contributed by atoms with Gasteiger partial charge in [0.05, 0.1) is 11.7 Å². The van der Waals surface area contributed by atoms with Crippen LogP contribution < -0.4 is 5.32 Å². The summed E-state index contributed by atoms with van der Waals surface area (Å²) in [5.74, 6) is 1.76. The van der Waals surface area contributed by atoms with Gasteiger partial charge in [0.1, 0.15) is 0 Å². The Morgan fingerprint density at radius 3 is 3.00 bits per heavy atom. The Labute approximate surface area is 135 Å². The second kappa shape index (κ2) is 6.61. The monoisotopic (exact) mass is 438 g/mol. The quantitative estimate of drug-likeness (QED) is 0.658. The van der Waals surface area contributed by atoms with E-state index >= 15 is 0 Å². The summed E-state index contributed by atoms with van der Waals surface area (Å²) in [4.78, 5) is 4.79. The maximum atomic E-state index is 4.79. The SMILES string of the molecule is CC(C)C1CCSC(Nc2cc(I)ccc2Br)=N1. The van der Waals surface area contributed by atoms with Crippen LogP contribution >= 0.6 is 50.3 Å². The Hall–Kier alpha value is 0.250. The lowest BCUT2D eigenvalue weighted by molar-refractivity contribution is 0.485. The van der Waals surface area contributed by atoms with E-state index in [1.54, 1.807) is 0 Å². The minimum Gasteiger partial charge on any atom is -0.334 e. The van der Waals surface area contributed by atoms with Crippen molar-refractivity contribution in [2.24, 2.45) is 10.9 Å². The van der Waals surface area contributed by atoms with E-state index in [1.165, 1.54) is 9.99 Å². The molecule has 1 heterocycles. The Kier molecular flexibility index (Phi) is 5.38. The number of hydrogen-bond donors (Lipinski definition) is 1. The van der Waals surface area contributed by atoms with Gasteiger partial charge in [-0.05, 0) is 69.1 Å². The normalized spacial score (nSPS) is 19.8. The summed E-state index contributed by atoms with van der Waals surface area (Å²) in [6.07, 6.45) is 1.18. The highest BCUT2D eigenvalue weighted by atomic mass is 127. The van der Waals surface area contributed by atoms with Crippen LogP contribution in [0.2, 0.25) is 0 Å². The van der Waals surface area contributed by atoms with Crippen LogP contribution in [0.15, 0.2) is 27.7 Å². The van der Waals surface area contributed by atoms with Gasteiger partial charge in [-0.1, -0.05) is 25.6 Å². The van der Waals surface area contributed by atoms with Crippen molar-refractivity contribution in [2.75, 3.05) is 11.1 Å². The van der Waals surface area contributed by atoms with E-state index in [-0.39, 0.29) is 0 Å². The summed E-state index contributed by atoms with van der Waals surface area (Å²) >= 11 is 7.70. The van der Waals surface area contributed by atoms with Crippen LogP contribution in [0.1, 0.15) is 20.3 Å². The van der Waals surface area contributed by atoms with Crippen LogP contribution in [0.5, 0.6) is 0 Å². The highest BCUT2D eigenvalue weighted by molar-refractivity contribution is 14.1. The lowest BCUT2D eigenvalue weighted by Crippen LogP contribution is -2.24. The highest BCUT2D eigenvalue weighted by Crippen LogP contribution is 2.28. The standard InChI is InChI=1S/C13H16BrIN2S/c1-8(2)11-5-6-18-13(16-11)17-12-7-9(15)3-4-10(12)14/h3-4,7-8,11H,5-6H2,1-2H3,(H,16,17). The molecule has 0 spiro atoms. The van der Waals surface area contributed by atoms with E-state index in [4.69, 9.17) is 4.99 Å². The molecule has 2 nitrogen and oxygen atoms in total. The van der Waals surface area contributed by atoms with E-state index < -0.39 is 0 Å². The number of halogens is 2. The molecule has 1 N–H and O–H groups in total. The molecule has 0 saturated heterocycles. The molecule has 1 atom stereocenters. The van der Waals surface area contributed by atoms with Gasteiger partial charge in [-0.25, -0.2) is 0 Å². The largest absolute Gasteiger partial charge is 0.334 e. The minimum atomic E-state index is 0.454. The van der Waals surface area contributed by atoms with Crippen LogP contribution in [-0.4, -0.2) is 17.0 Å². The molecule has 0 saturated carbocycles. The molecule has 1 aliphatic rings. The molecule has 5 heteroatoms. The molecule has 1 aromatic rings. The van der Waals surface area contributed by atoms with Crippen molar-refractivity contribution >= 4 is 61.1 Å². The molecule has 0 aromatic heterocycles. The maximum absolute atomic E-state index is 4.79. The zero-order valence-electron chi connectivity index (χ0n) is 10.4. The first-order chi connectivity index (χ1) is 8.56. The van der Waals surface area contributed by atoms with Crippen molar-refractivity contribution in [2.45, 2.75) is 26.3 Å². The first-order valence-corrected chi connectivity index (χ1v) is 8.84. The van der Waals surface area contributed by atoms with Gasteiger partial charge in [0.25, 0.3) is 0 Å². The third kappa shape index (κ3) is 3.87. The molecule has 0 radical (unpaired) electrons. The molecule has 0 bridgehead atoms. The summed E-state index contributed by atoms with van der Waals surface area (Å²) in [6, 6.07) is 6.74. The van der Waals surface area contributed by atoms with E-state index in [9.17, 15) is 0 Å². The van der Waals surface area contributed by atoms with Crippen molar-refractivity contribution in [1.82, 2.24) is 0 Å². The van der Waals surface area contributed by atoms with Gasteiger partial charge < -0.3 is 5.32 Å². The zero-order valence-corrected chi connectivity index (χ0v) is 15.0. The van der Waals surface area contributed by atoms with Gasteiger partial charge in [-0.3, -0.25) is 4.99 Å². The number of benzene rings is 1. The zero-order chi connectivity index (χ0) is 13.1. The average Bonchev–Trinajstić information content (AvgIpc) is 2.34. The number of anilines is 1. The van der Waals surface area contributed by atoms with E-state index in [1.807, 2.05) is 11.8 Å². The number of rotatable bonds is 2. The van der Waals surface area contributed by atoms with Crippen molar-refractivity contribution in [3.63, 3.8) is 0 Å². The predicted octanol–water partition coefficient (Wildman–Crippen LogP) is 4.98. The van der Waals surface area contributed by atoms with Gasteiger partial charge in [-0.15, -0.1) is 0 Å². The average molecular weight is 439 g/mol. The number of thioether (sulfide) groups is 1. The molecule has 2 rings (SSSR count). The summed E-state index contributed by atoms with van der Waals surface area (Å²) in [5, 5.41) is 4.48. The molecule has 98 valence electrons. The third-order valence-electron chi connectivity index (χ3n) is 2.88. The topological polar surface area (TPSA) is 24.4 Å². The summed E-state index contributed by atoms with van der Waals surface area (Å²) in [5.41, 5.74) is 1.09. The van der Waals surface area contributed by atoms with Crippen molar-refractivity contribution in [3.05, 3.63) is 26.2 Å². The number of nitrogens with zero attached hydrogens (tertiary/aromatic N) is 1. The smallest absolute Gasteiger partial charge is 0.161 e. The van der Waals surface area contributed by atoms with Crippen LogP contribution in [0.25, 0.3) is 0 Å². The first kappa shape index (κ1) is 14.7. The van der Waals surface area contributed by atoms with Crippen LogP contribution in [0.4, 0.5) is 5.69 Å². The Balaban J connectivity index is 2.15. The minimum absolute atomic E-state index is 0.454. The van der Waals surface area contributed by atoms with E-state index in [2.05, 4.69) is 75.9 Å². The van der Waals surface area contributed by atoms with Gasteiger partial charge >= 0.3 is 0 Å². The van der Waals surface area contributed by atoms with Crippen molar-refractivity contribution < 1.29 is 0 Å². The van der Waals surface area contributed by atoms with E-state index in [0.29, 0.717) is 12.0 Å². The molecule has 0 fully saturated rings. The maximum Gasteiger partial charge on any atom is 0.161 e. The molecular formula is C13H16BrIN2S. The first-order valence-electron chi connectivity index (χ1n) is 5.99. The lowest BCUT2D eigenvalue weighted by Gasteiger charge is -2.23. The van der Waals surface area contributed by atoms with Crippen LogP contribution in [-0.2, 0) is 0 Å². The number of hydrogen-bond acceptors (Lipinski definition) is 3. The Bertz CT molecular complexity index is 462. The lowest BCUT2D eigenvalue weighted by atomic mass is 10.0. The number of amidine groups is 1. The fourth-order valence-electron chi connectivity index (χ4n) is 1.79. The fraction of sp³-hybridized carbons (Fsp3) is 0.462. The second-order valence-electron chi connectivity index (χ2n) is 4.63. The number of aliphatic imine (C=N–C) groups is 1. The molecule has 1 aliphatic heterocycles. The summed E-state index contributed by atoms with van der Waals surface area (Å²) in [7, 11) is 0. The van der Waals surface area contributed by atoms with Crippen LogP contribution in [0.3, 0.4) is 0 Å². The Morgan fingerprint density at radius 1 is 1.50 bits per heavy atom. The Morgan fingerprint density at radius 2 is 2.28 bits per heavy atom. The van der Waals surface area contributed by atoms with Crippen molar-refractivity contribution in [1.29, 1.82) is 0 Å². The number of nitrogens with one attached hydrogen (secondary N) is 1. The van der Waals surface area contributed by atoms with Crippen LogP contribution in [0, 0.1) is 9.49 Å². The van der Waals surface area contributed by atoms with Gasteiger partial charge in [0.2, 0.25) is 0 Å². The molecular weight excluding hydrogens is 423 g/mol. The van der Waals surface area contributed by atoms with Gasteiger partial charge in [0, 0.05) is 13.8 Å². The molecule has 1 aromatic carbocycles.